The Hall–Kier alpha value is -1.33. The van der Waals surface area contributed by atoms with E-state index in [2.05, 4.69) is 10.3 Å². The Morgan fingerprint density at radius 2 is 2.05 bits per heavy atom. The molecule has 0 radical (unpaired) electrons. The van der Waals surface area contributed by atoms with Crippen molar-refractivity contribution >= 4 is 11.3 Å². The van der Waals surface area contributed by atoms with E-state index < -0.39 is 11.6 Å². The number of aromatic nitrogens is 1. The van der Waals surface area contributed by atoms with E-state index in [0.717, 1.165) is 29.8 Å². The summed E-state index contributed by atoms with van der Waals surface area (Å²) in [5.41, 5.74) is 0.977. The Kier molecular flexibility index (Phi) is 3.33. The van der Waals surface area contributed by atoms with Crippen LogP contribution in [0.5, 0.6) is 0 Å². The number of fused-ring (bicyclic) bond motifs is 1. The van der Waals surface area contributed by atoms with E-state index in [1.807, 2.05) is 7.05 Å². The van der Waals surface area contributed by atoms with Crippen LogP contribution in [0, 0.1) is 11.6 Å². The van der Waals surface area contributed by atoms with Gasteiger partial charge in [0.05, 0.1) is 11.3 Å². The molecule has 0 amide bonds. The van der Waals surface area contributed by atoms with Crippen molar-refractivity contribution < 1.29 is 8.78 Å². The number of aryl methyl sites for hydroxylation is 1. The Morgan fingerprint density at radius 1 is 1.32 bits per heavy atom. The minimum atomic E-state index is -0.549. The fraction of sp³-hybridized carbons (Fsp3) is 0.357. The molecule has 1 heterocycles. The second kappa shape index (κ2) is 4.98. The molecule has 5 heteroatoms. The molecule has 1 aromatic heterocycles. The quantitative estimate of drug-likeness (QED) is 0.907. The molecule has 1 atom stereocenters. The SMILES string of the molecule is CNC1CCCc2nc(-c3c(F)cccc3F)sc21. The normalized spacial score (nSPS) is 18.4. The summed E-state index contributed by atoms with van der Waals surface area (Å²) in [6.45, 7) is 0. The van der Waals surface area contributed by atoms with Crippen LogP contribution in [0.15, 0.2) is 18.2 Å². The van der Waals surface area contributed by atoms with Gasteiger partial charge in [-0.05, 0) is 38.4 Å². The zero-order chi connectivity index (χ0) is 13.4. The Labute approximate surface area is 114 Å². The number of nitrogens with zero attached hydrogens (tertiary/aromatic N) is 1. The summed E-state index contributed by atoms with van der Waals surface area (Å²) in [5.74, 6) is -1.10. The van der Waals surface area contributed by atoms with E-state index in [1.165, 1.54) is 29.5 Å². The first-order valence-electron chi connectivity index (χ1n) is 6.32. The molecule has 0 aliphatic heterocycles. The zero-order valence-electron chi connectivity index (χ0n) is 10.5. The number of nitrogens with one attached hydrogen (secondary N) is 1. The average Bonchev–Trinajstić information content (AvgIpc) is 2.81. The topological polar surface area (TPSA) is 24.9 Å². The first kappa shape index (κ1) is 12.7. The van der Waals surface area contributed by atoms with Gasteiger partial charge in [-0.3, -0.25) is 0 Å². The summed E-state index contributed by atoms with van der Waals surface area (Å²) in [5, 5.41) is 3.68. The molecule has 100 valence electrons. The van der Waals surface area contributed by atoms with Gasteiger partial charge < -0.3 is 5.32 Å². The van der Waals surface area contributed by atoms with Crippen LogP contribution in [0.4, 0.5) is 8.78 Å². The van der Waals surface area contributed by atoms with Crippen LogP contribution in [-0.2, 0) is 6.42 Å². The number of hydrogen-bond donors (Lipinski definition) is 1. The van der Waals surface area contributed by atoms with Crippen molar-refractivity contribution in [1.82, 2.24) is 10.3 Å². The van der Waals surface area contributed by atoms with E-state index in [-0.39, 0.29) is 11.6 Å². The summed E-state index contributed by atoms with van der Waals surface area (Å²) >= 11 is 1.40. The van der Waals surface area contributed by atoms with Gasteiger partial charge in [0, 0.05) is 10.9 Å². The molecular weight excluding hydrogens is 266 g/mol. The van der Waals surface area contributed by atoms with Gasteiger partial charge in [0.1, 0.15) is 16.6 Å². The molecule has 0 fully saturated rings. The second-order valence-electron chi connectivity index (χ2n) is 4.66. The minimum Gasteiger partial charge on any atom is -0.312 e. The van der Waals surface area contributed by atoms with Crippen LogP contribution >= 0.6 is 11.3 Å². The highest BCUT2D eigenvalue weighted by atomic mass is 32.1. The second-order valence-corrected chi connectivity index (χ2v) is 5.69. The predicted octanol–water partition coefficient (Wildman–Crippen LogP) is 3.69. The van der Waals surface area contributed by atoms with Gasteiger partial charge in [-0.25, -0.2) is 13.8 Å². The van der Waals surface area contributed by atoms with Gasteiger partial charge in [-0.2, -0.15) is 0 Å². The third-order valence-electron chi connectivity index (χ3n) is 3.48. The van der Waals surface area contributed by atoms with Gasteiger partial charge in [0.2, 0.25) is 0 Å². The third kappa shape index (κ3) is 2.17. The van der Waals surface area contributed by atoms with Gasteiger partial charge in [0.25, 0.3) is 0 Å². The van der Waals surface area contributed by atoms with Crippen molar-refractivity contribution in [3.63, 3.8) is 0 Å². The number of halogens is 2. The van der Waals surface area contributed by atoms with Crippen molar-refractivity contribution in [1.29, 1.82) is 0 Å². The molecular formula is C14H14F2N2S. The molecule has 19 heavy (non-hydrogen) atoms. The first-order valence-corrected chi connectivity index (χ1v) is 7.13. The number of hydrogen-bond acceptors (Lipinski definition) is 3. The van der Waals surface area contributed by atoms with Gasteiger partial charge in [-0.1, -0.05) is 6.07 Å². The third-order valence-corrected chi connectivity index (χ3v) is 4.70. The van der Waals surface area contributed by atoms with Crippen molar-refractivity contribution in [2.75, 3.05) is 7.05 Å². The fourth-order valence-electron chi connectivity index (χ4n) is 2.50. The molecule has 0 bridgehead atoms. The monoisotopic (exact) mass is 280 g/mol. The Morgan fingerprint density at radius 3 is 2.74 bits per heavy atom. The molecule has 2 aromatic rings. The summed E-state index contributed by atoms with van der Waals surface area (Å²) in [6.07, 6.45) is 2.99. The molecule has 1 aromatic carbocycles. The lowest BCUT2D eigenvalue weighted by Crippen LogP contribution is -2.19. The van der Waals surface area contributed by atoms with Crippen molar-refractivity contribution in [2.24, 2.45) is 0 Å². The van der Waals surface area contributed by atoms with Crippen LogP contribution < -0.4 is 5.32 Å². The molecule has 0 spiro atoms. The van der Waals surface area contributed by atoms with Crippen LogP contribution in [0.2, 0.25) is 0 Å². The fourth-order valence-corrected chi connectivity index (χ4v) is 3.81. The first-order chi connectivity index (χ1) is 9.20. The lowest BCUT2D eigenvalue weighted by molar-refractivity contribution is 0.501. The van der Waals surface area contributed by atoms with Crippen LogP contribution in [0.3, 0.4) is 0 Å². The predicted molar refractivity (Wildman–Crippen MR) is 72.2 cm³/mol. The minimum absolute atomic E-state index is 0.00301. The van der Waals surface area contributed by atoms with Crippen LogP contribution in [0.25, 0.3) is 10.6 Å². The van der Waals surface area contributed by atoms with E-state index in [0.29, 0.717) is 5.01 Å². The average molecular weight is 280 g/mol. The zero-order valence-corrected chi connectivity index (χ0v) is 11.4. The Balaban J connectivity index is 2.10. The standard InChI is InChI=1S/C14H14F2N2S/c1-17-10-6-3-7-11-13(10)19-14(18-11)12-8(15)4-2-5-9(12)16/h2,4-5,10,17H,3,6-7H2,1H3. The summed E-state index contributed by atoms with van der Waals surface area (Å²) < 4.78 is 27.6. The molecule has 1 N–H and O–H groups in total. The maximum absolute atomic E-state index is 13.8. The van der Waals surface area contributed by atoms with E-state index in [1.54, 1.807) is 0 Å². The largest absolute Gasteiger partial charge is 0.312 e. The Bertz CT molecular complexity index is 589. The molecule has 1 aliphatic carbocycles. The molecule has 0 saturated heterocycles. The van der Waals surface area contributed by atoms with Gasteiger partial charge in [-0.15, -0.1) is 11.3 Å². The van der Waals surface area contributed by atoms with Crippen molar-refractivity contribution in [2.45, 2.75) is 25.3 Å². The van der Waals surface area contributed by atoms with Crippen LogP contribution in [-0.4, -0.2) is 12.0 Å². The lowest BCUT2D eigenvalue weighted by atomic mass is 9.98. The lowest BCUT2D eigenvalue weighted by Gasteiger charge is -2.19. The summed E-state index contributed by atoms with van der Waals surface area (Å²) in [6, 6.07) is 4.17. The van der Waals surface area contributed by atoms with Gasteiger partial charge >= 0.3 is 0 Å². The molecule has 1 aliphatic rings. The van der Waals surface area contributed by atoms with Crippen molar-refractivity contribution in [3.8, 4) is 10.6 Å². The van der Waals surface area contributed by atoms with Gasteiger partial charge in [0.15, 0.2) is 0 Å². The van der Waals surface area contributed by atoms with Crippen LogP contribution in [0.1, 0.15) is 29.5 Å². The summed E-state index contributed by atoms with van der Waals surface area (Å²) in [7, 11) is 1.91. The number of benzene rings is 1. The highest BCUT2D eigenvalue weighted by Crippen LogP contribution is 2.39. The molecule has 2 nitrogen and oxygen atoms in total. The maximum Gasteiger partial charge on any atom is 0.136 e. The van der Waals surface area contributed by atoms with E-state index in [4.69, 9.17) is 0 Å². The van der Waals surface area contributed by atoms with E-state index >= 15 is 0 Å². The van der Waals surface area contributed by atoms with Crippen molar-refractivity contribution in [3.05, 3.63) is 40.4 Å². The smallest absolute Gasteiger partial charge is 0.136 e. The number of thiazole rings is 1. The molecule has 0 saturated carbocycles. The highest BCUT2D eigenvalue weighted by molar-refractivity contribution is 7.15. The maximum atomic E-state index is 13.8. The number of rotatable bonds is 2. The molecule has 3 rings (SSSR count). The van der Waals surface area contributed by atoms with E-state index in [9.17, 15) is 8.78 Å². The molecule has 1 unspecified atom stereocenters. The summed E-state index contributed by atoms with van der Waals surface area (Å²) in [4.78, 5) is 5.56. The highest BCUT2D eigenvalue weighted by Gasteiger charge is 2.25.